The fraction of sp³-hybridized carbons (Fsp3) is 0.182. The van der Waals surface area contributed by atoms with Crippen LogP contribution in [-0.4, -0.2) is 4.98 Å². The van der Waals surface area contributed by atoms with Gasteiger partial charge in [0.15, 0.2) is 0 Å². The molecule has 78 valence electrons. The van der Waals surface area contributed by atoms with Crippen LogP contribution in [0.15, 0.2) is 34.7 Å². The molecule has 0 atom stereocenters. The zero-order chi connectivity index (χ0) is 10.7. The molecule has 0 spiro atoms. The molecule has 2 nitrogen and oxygen atoms in total. The number of nitrogen functional groups attached to an aromatic ring is 1. The molecule has 0 amide bonds. The zero-order valence-corrected chi connectivity index (χ0v) is 10.1. The molecular formula is C11H12N2S2. The molecule has 0 saturated heterocycles. The van der Waals surface area contributed by atoms with Crippen molar-refractivity contribution < 1.29 is 0 Å². The van der Waals surface area contributed by atoms with Crippen LogP contribution in [0.1, 0.15) is 10.6 Å². The second-order valence-electron chi connectivity index (χ2n) is 3.24. The lowest BCUT2D eigenvalue weighted by molar-refractivity contribution is 1.25. The van der Waals surface area contributed by atoms with Crippen LogP contribution in [0.25, 0.3) is 0 Å². The van der Waals surface area contributed by atoms with Crippen LogP contribution >= 0.6 is 23.1 Å². The summed E-state index contributed by atoms with van der Waals surface area (Å²) >= 11 is 3.50. The van der Waals surface area contributed by atoms with E-state index in [-0.39, 0.29) is 0 Å². The molecule has 2 rings (SSSR count). The van der Waals surface area contributed by atoms with Gasteiger partial charge in [0, 0.05) is 22.2 Å². The Morgan fingerprint density at radius 1 is 1.47 bits per heavy atom. The summed E-state index contributed by atoms with van der Waals surface area (Å²) in [6, 6.07) is 6.02. The number of aromatic nitrogens is 1. The number of anilines is 1. The van der Waals surface area contributed by atoms with Crippen molar-refractivity contribution in [3.05, 3.63) is 40.3 Å². The quantitative estimate of drug-likeness (QED) is 0.656. The van der Waals surface area contributed by atoms with E-state index in [1.807, 2.05) is 23.7 Å². The third kappa shape index (κ3) is 2.73. The van der Waals surface area contributed by atoms with Gasteiger partial charge in [0.2, 0.25) is 0 Å². The molecule has 0 aliphatic rings. The van der Waals surface area contributed by atoms with Crippen molar-refractivity contribution in [2.24, 2.45) is 0 Å². The number of rotatable bonds is 3. The van der Waals surface area contributed by atoms with Crippen molar-refractivity contribution in [1.29, 1.82) is 0 Å². The number of thioether (sulfide) groups is 1. The number of hydrogen-bond acceptors (Lipinski definition) is 4. The normalized spacial score (nSPS) is 10.5. The average molecular weight is 236 g/mol. The minimum Gasteiger partial charge on any atom is -0.399 e. The van der Waals surface area contributed by atoms with E-state index in [9.17, 15) is 0 Å². The summed E-state index contributed by atoms with van der Waals surface area (Å²) in [7, 11) is 0. The molecule has 2 aromatic rings. The summed E-state index contributed by atoms with van der Waals surface area (Å²) in [5.41, 5.74) is 7.76. The van der Waals surface area contributed by atoms with Gasteiger partial charge in [-0.3, -0.25) is 0 Å². The number of hydrogen-bond donors (Lipinski definition) is 1. The molecule has 1 aromatic heterocycles. The molecule has 2 N–H and O–H groups in total. The van der Waals surface area contributed by atoms with Crippen LogP contribution in [0.5, 0.6) is 0 Å². The van der Waals surface area contributed by atoms with Crippen LogP contribution in [0, 0.1) is 6.92 Å². The second kappa shape index (κ2) is 4.68. The van der Waals surface area contributed by atoms with Crippen molar-refractivity contribution >= 4 is 28.8 Å². The van der Waals surface area contributed by atoms with Gasteiger partial charge in [-0.05, 0) is 30.7 Å². The van der Waals surface area contributed by atoms with E-state index in [1.54, 1.807) is 23.1 Å². The SMILES string of the molecule is Cc1cc(N)ccc1SCc1nccs1. The van der Waals surface area contributed by atoms with Crippen molar-refractivity contribution in [2.45, 2.75) is 17.6 Å². The van der Waals surface area contributed by atoms with E-state index in [4.69, 9.17) is 5.73 Å². The Bertz CT molecular complexity index is 438. The lowest BCUT2D eigenvalue weighted by Gasteiger charge is -2.04. The predicted octanol–water partition coefficient (Wildman–Crippen LogP) is 3.33. The lowest BCUT2D eigenvalue weighted by atomic mass is 10.2. The standard InChI is InChI=1S/C11H12N2S2/c1-8-6-9(12)2-3-10(8)15-7-11-13-4-5-14-11/h2-6H,7,12H2,1H3. The predicted molar refractivity (Wildman–Crippen MR) is 67.3 cm³/mol. The Morgan fingerprint density at radius 2 is 2.33 bits per heavy atom. The van der Waals surface area contributed by atoms with Crippen molar-refractivity contribution in [2.75, 3.05) is 5.73 Å². The number of benzene rings is 1. The van der Waals surface area contributed by atoms with Crippen LogP contribution in [0.3, 0.4) is 0 Å². The smallest absolute Gasteiger partial charge is 0.103 e. The molecule has 0 aliphatic heterocycles. The van der Waals surface area contributed by atoms with E-state index in [0.29, 0.717) is 0 Å². The Labute approximate surface area is 97.5 Å². The van der Waals surface area contributed by atoms with Gasteiger partial charge in [0.25, 0.3) is 0 Å². The summed E-state index contributed by atoms with van der Waals surface area (Å²) in [6.07, 6.45) is 1.84. The molecule has 0 fully saturated rings. The highest BCUT2D eigenvalue weighted by molar-refractivity contribution is 7.98. The van der Waals surface area contributed by atoms with Gasteiger partial charge in [0.05, 0.1) is 5.75 Å². The topological polar surface area (TPSA) is 38.9 Å². The van der Waals surface area contributed by atoms with Crippen LogP contribution in [-0.2, 0) is 5.75 Å². The van der Waals surface area contributed by atoms with Gasteiger partial charge in [-0.1, -0.05) is 0 Å². The molecule has 0 saturated carbocycles. The highest BCUT2D eigenvalue weighted by Gasteiger charge is 2.01. The van der Waals surface area contributed by atoms with E-state index in [1.165, 1.54) is 10.5 Å². The van der Waals surface area contributed by atoms with E-state index < -0.39 is 0 Å². The largest absolute Gasteiger partial charge is 0.399 e. The number of nitrogens with zero attached hydrogens (tertiary/aromatic N) is 1. The van der Waals surface area contributed by atoms with Gasteiger partial charge in [-0.2, -0.15) is 0 Å². The second-order valence-corrected chi connectivity index (χ2v) is 5.24. The summed E-state index contributed by atoms with van der Waals surface area (Å²) < 4.78 is 0. The van der Waals surface area contributed by atoms with Crippen molar-refractivity contribution in [1.82, 2.24) is 4.98 Å². The van der Waals surface area contributed by atoms with Crippen LogP contribution in [0.4, 0.5) is 5.69 Å². The number of aryl methyl sites for hydroxylation is 1. The molecule has 0 bridgehead atoms. The van der Waals surface area contributed by atoms with E-state index in [0.717, 1.165) is 16.4 Å². The molecule has 0 unspecified atom stereocenters. The summed E-state index contributed by atoms with van der Waals surface area (Å²) in [4.78, 5) is 5.53. The Hall–Kier alpha value is -1.00. The van der Waals surface area contributed by atoms with Crippen LogP contribution < -0.4 is 5.73 Å². The van der Waals surface area contributed by atoms with Crippen molar-refractivity contribution in [3.63, 3.8) is 0 Å². The number of thiazole rings is 1. The van der Waals surface area contributed by atoms with Crippen LogP contribution in [0.2, 0.25) is 0 Å². The monoisotopic (exact) mass is 236 g/mol. The summed E-state index contributed by atoms with van der Waals surface area (Å²) in [6.45, 7) is 2.08. The molecular weight excluding hydrogens is 224 g/mol. The van der Waals surface area contributed by atoms with Gasteiger partial charge in [-0.25, -0.2) is 4.98 Å². The fourth-order valence-corrected chi connectivity index (χ4v) is 2.95. The highest BCUT2D eigenvalue weighted by atomic mass is 32.2. The molecule has 0 radical (unpaired) electrons. The molecule has 4 heteroatoms. The molecule has 0 aliphatic carbocycles. The first-order valence-corrected chi connectivity index (χ1v) is 6.49. The van der Waals surface area contributed by atoms with Gasteiger partial charge in [-0.15, -0.1) is 23.1 Å². The Balaban J connectivity index is 2.05. The Kier molecular flexibility index (Phi) is 3.28. The van der Waals surface area contributed by atoms with E-state index in [2.05, 4.69) is 18.0 Å². The molecule has 1 heterocycles. The van der Waals surface area contributed by atoms with E-state index >= 15 is 0 Å². The first kappa shape index (κ1) is 10.5. The lowest BCUT2D eigenvalue weighted by Crippen LogP contribution is -1.87. The zero-order valence-electron chi connectivity index (χ0n) is 8.43. The van der Waals surface area contributed by atoms with Gasteiger partial charge < -0.3 is 5.73 Å². The highest BCUT2D eigenvalue weighted by Crippen LogP contribution is 2.27. The minimum absolute atomic E-state index is 0.825. The van der Waals surface area contributed by atoms with Gasteiger partial charge >= 0.3 is 0 Å². The molecule has 1 aromatic carbocycles. The summed E-state index contributed by atoms with van der Waals surface area (Å²) in [5, 5.41) is 3.17. The summed E-state index contributed by atoms with van der Waals surface area (Å²) in [5.74, 6) is 0.933. The maximum absolute atomic E-state index is 5.70. The average Bonchev–Trinajstić information content (AvgIpc) is 2.69. The Morgan fingerprint density at radius 3 is 3.00 bits per heavy atom. The fourth-order valence-electron chi connectivity index (χ4n) is 1.30. The first-order valence-electron chi connectivity index (χ1n) is 4.63. The van der Waals surface area contributed by atoms with Gasteiger partial charge in [0.1, 0.15) is 5.01 Å². The number of nitrogens with two attached hydrogens (primary N) is 1. The molecule has 15 heavy (non-hydrogen) atoms. The minimum atomic E-state index is 0.825. The maximum atomic E-state index is 5.70. The third-order valence-electron chi connectivity index (χ3n) is 2.03. The third-order valence-corrected chi connectivity index (χ3v) is 4.18. The van der Waals surface area contributed by atoms with Crippen molar-refractivity contribution in [3.8, 4) is 0 Å². The first-order chi connectivity index (χ1) is 7.25. The maximum Gasteiger partial charge on any atom is 0.103 e.